The Morgan fingerprint density at radius 1 is 1.15 bits per heavy atom. The lowest BCUT2D eigenvalue weighted by molar-refractivity contribution is -0.127. The lowest BCUT2D eigenvalue weighted by Gasteiger charge is -2.23. The number of hydrogen-bond acceptors (Lipinski definition) is 4. The highest BCUT2D eigenvalue weighted by Crippen LogP contribution is 2.22. The maximum atomic E-state index is 11.8. The van der Waals surface area contributed by atoms with Gasteiger partial charge in [-0.3, -0.25) is 4.79 Å². The van der Waals surface area contributed by atoms with E-state index in [9.17, 15) is 4.79 Å². The third-order valence-corrected chi connectivity index (χ3v) is 5.29. The molecule has 0 spiro atoms. The molecule has 1 aliphatic carbocycles. The number of aliphatic imine (C=N–C) groups is 1. The van der Waals surface area contributed by atoms with Crippen molar-refractivity contribution < 1.29 is 14.3 Å². The fourth-order valence-corrected chi connectivity index (χ4v) is 3.44. The number of ether oxygens (including phenoxy) is 2. The fraction of sp³-hybridized carbons (Fsp3) is 0.900. The van der Waals surface area contributed by atoms with Crippen LogP contribution in [0.3, 0.4) is 0 Å². The van der Waals surface area contributed by atoms with Crippen LogP contribution in [0, 0.1) is 11.8 Å². The van der Waals surface area contributed by atoms with Crippen molar-refractivity contribution in [3.8, 4) is 0 Å². The van der Waals surface area contributed by atoms with Crippen LogP contribution < -0.4 is 10.6 Å². The Hall–Kier alpha value is -1.34. The molecule has 2 N–H and O–H groups in total. The van der Waals surface area contributed by atoms with E-state index in [1.165, 1.54) is 32.1 Å². The van der Waals surface area contributed by atoms with Crippen molar-refractivity contribution in [3.05, 3.63) is 0 Å². The van der Waals surface area contributed by atoms with Gasteiger partial charge in [0, 0.05) is 46.3 Å². The summed E-state index contributed by atoms with van der Waals surface area (Å²) in [4.78, 5) is 17.9. The van der Waals surface area contributed by atoms with Crippen LogP contribution in [0.25, 0.3) is 0 Å². The molecule has 0 aromatic heterocycles. The van der Waals surface area contributed by atoms with E-state index in [-0.39, 0.29) is 12.5 Å². The number of likely N-dealkylation sites (N-methyl/N-ethyl adjacent to an activating group) is 1. The molecule has 1 aliphatic heterocycles. The standard InChI is InChI=1S/C20H38N4O3/c1-24(2)19(25)14-23-20(22-13-17-7-4-3-5-8-17)21-10-6-11-26-15-18-9-12-27-16-18/h17-18H,3-16H2,1-2H3,(H2,21,22,23). The molecule has 0 radical (unpaired) electrons. The normalized spacial score (nSPS) is 21.3. The van der Waals surface area contributed by atoms with Gasteiger partial charge in [-0.05, 0) is 31.6 Å². The zero-order valence-corrected chi connectivity index (χ0v) is 17.2. The highest BCUT2D eigenvalue weighted by Gasteiger charge is 2.15. The number of amides is 1. The average molecular weight is 383 g/mol. The van der Waals surface area contributed by atoms with Crippen molar-refractivity contribution in [2.24, 2.45) is 16.8 Å². The minimum Gasteiger partial charge on any atom is -0.381 e. The van der Waals surface area contributed by atoms with Gasteiger partial charge in [-0.25, -0.2) is 4.99 Å². The molecule has 7 nitrogen and oxygen atoms in total. The van der Waals surface area contributed by atoms with Crippen LogP contribution in [-0.2, 0) is 14.3 Å². The van der Waals surface area contributed by atoms with Gasteiger partial charge in [-0.1, -0.05) is 19.3 Å². The van der Waals surface area contributed by atoms with Crippen molar-refractivity contribution in [1.29, 1.82) is 0 Å². The smallest absolute Gasteiger partial charge is 0.243 e. The minimum absolute atomic E-state index is 0.0101. The summed E-state index contributed by atoms with van der Waals surface area (Å²) in [6, 6.07) is 0. The lowest BCUT2D eigenvalue weighted by Crippen LogP contribution is -2.41. The van der Waals surface area contributed by atoms with Crippen LogP contribution in [0.4, 0.5) is 0 Å². The lowest BCUT2D eigenvalue weighted by atomic mass is 9.89. The Labute approximate surface area is 164 Å². The fourth-order valence-electron chi connectivity index (χ4n) is 3.44. The number of nitrogens with zero attached hydrogens (tertiary/aromatic N) is 2. The molecule has 0 bridgehead atoms. The average Bonchev–Trinajstić information content (AvgIpc) is 3.20. The molecule has 1 unspecified atom stereocenters. The van der Waals surface area contributed by atoms with Crippen LogP contribution in [-0.4, -0.2) is 76.9 Å². The van der Waals surface area contributed by atoms with Crippen molar-refractivity contribution in [2.45, 2.75) is 44.9 Å². The van der Waals surface area contributed by atoms with E-state index in [0.29, 0.717) is 11.8 Å². The Kier molecular flexibility index (Phi) is 10.5. The zero-order valence-electron chi connectivity index (χ0n) is 17.2. The van der Waals surface area contributed by atoms with Crippen LogP contribution in [0.15, 0.2) is 4.99 Å². The van der Waals surface area contributed by atoms with E-state index in [0.717, 1.165) is 58.3 Å². The van der Waals surface area contributed by atoms with Gasteiger partial charge in [-0.2, -0.15) is 0 Å². The molecular formula is C20H38N4O3. The predicted molar refractivity (Wildman–Crippen MR) is 108 cm³/mol. The van der Waals surface area contributed by atoms with Crippen molar-refractivity contribution >= 4 is 11.9 Å². The number of nitrogens with one attached hydrogen (secondary N) is 2. The van der Waals surface area contributed by atoms with Gasteiger partial charge in [0.15, 0.2) is 5.96 Å². The van der Waals surface area contributed by atoms with Gasteiger partial charge in [0.05, 0.1) is 13.2 Å². The van der Waals surface area contributed by atoms with Gasteiger partial charge in [-0.15, -0.1) is 0 Å². The highest BCUT2D eigenvalue weighted by atomic mass is 16.5. The summed E-state index contributed by atoms with van der Waals surface area (Å²) in [5.41, 5.74) is 0. The molecule has 2 fully saturated rings. The summed E-state index contributed by atoms with van der Waals surface area (Å²) in [5.74, 6) is 2.02. The van der Waals surface area contributed by atoms with Crippen molar-refractivity contribution in [1.82, 2.24) is 15.5 Å². The topological polar surface area (TPSA) is 75.2 Å². The molecule has 156 valence electrons. The molecule has 7 heteroatoms. The molecule has 1 saturated heterocycles. The minimum atomic E-state index is 0.0101. The number of rotatable bonds is 10. The van der Waals surface area contributed by atoms with Crippen molar-refractivity contribution in [2.75, 3.05) is 60.2 Å². The summed E-state index contributed by atoms with van der Waals surface area (Å²) in [6.07, 6.45) is 8.62. The second-order valence-corrected chi connectivity index (χ2v) is 7.92. The Morgan fingerprint density at radius 2 is 1.96 bits per heavy atom. The maximum Gasteiger partial charge on any atom is 0.243 e. The molecule has 1 atom stereocenters. The van der Waals surface area contributed by atoms with Gasteiger partial charge >= 0.3 is 0 Å². The summed E-state index contributed by atoms with van der Waals surface area (Å²) < 4.78 is 11.1. The second-order valence-electron chi connectivity index (χ2n) is 7.92. The maximum absolute atomic E-state index is 11.8. The first-order chi connectivity index (χ1) is 13.1. The van der Waals surface area contributed by atoms with E-state index in [2.05, 4.69) is 15.6 Å². The van der Waals surface area contributed by atoms with E-state index >= 15 is 0 Å². The highest BCUT2D eigenvalue weighted by molar-refractivity contribution is 5.84. The Bertz CT molecular complexity index is 445. The third-order valence-electron chi connectivity index (χ3n) is 5.29. The molecule has 1 heterocycles. The number of hydrogen-bond donors (Lipinski definition) is 2. The van der Waals surface area contributed by atoms with E-state index < -0.39 is 0 Å². The molecule has 1 amide bonds. The SMILES string of the molecule is CN(C)C(=O)CN=C(NCCCOCC1CCOC1)NCC1CCCCC1. The second kappa shape index (κ2) is 12.9. The molecular weight excluding hydrogens is 344 g/mol. The Balaban J connectivity index is 1.65. The van der Waals surface area contributed by atoms with Gasteiger partial charge in [0.2, 0.25) is 5.91 Å². The molecule has 1 saturated carbocycles. The first kappa shape index (κ1) is 22.0. The van der Waals surface area contributed by atoms with Gasteiger partial charge < -0.3 is 25.0 Å². The number of carbonyl (C=O) groups excluding carboxylic acids is 1. The van der Waals surface area contributed by atoms with E-state index in [1.807, 2.05) is 0 Å². The third kappa shape index (κ3) is 9.42. The summed E-state index contributed by atoms with van der Waals surface area (Å²) in [6.45, 7) is 5.11. The zero-order chi connectivity index (χ0) is 19.3. The van der Waals surface area contributed by atoms with E-state index in [1.54, 1.807) is 19.0 Å². The largest absolute Gasteiger partial charge is 0.381 e. The number of guanidine groups is 1. The Morgan fingerprint density at radius 3 is 2.67 bits per heavy atom. The first-order valence-electron chi connectivity index (χ1n) is 10.5. The number of carbonyl (C=O) groups is 1. The quantitative estimate of drug-likeness (QED) is 0.341. The van der Waals surface area contributed by atoms with Crippen LogP contribution in [0.1, 0.15) is 44.9 Å². The molecule has 27 heavy (non-hydrogen) atoms. The van der Waals surface area contributed by atoms with Crippen LogP contribution >= 0.6 is 0 Å². The van der Waals surface area contributed by atoms with Crippen LogP contribution in [0.5, 0.6) is 0 Å². The molecule has 0 aromatic rings. The summed E-state index contributed by atoms with van der Waals surface area (Å²) in [5, 5.41) is 6.78. The van der Waals surface area contributed by atoms with Crippen molar-refractivity contribution in [3.63, 3.8) is 0 Å². The predicted octanol–water partition coefficient (Wildman–Crippen LogP) is 1.63. The molecule has 2 rings (SSSR count). The summed E-state index contributed by atoms with van der Waals surface area (Å²) in [7, 11) is 3.51. The first-order valence-corrected chi connectivity index (χ1v) is 10.5. The van der Waals surface area contributed by atoms with Gasteiger partial charge in [0.1, 0.15) is 6.54 Å². The van der Waals surface area contributed by atoms with Crippen LogP contribution in [0.2, 0.25) is 0 Å². The monoisotopic (exact) mass is 382 g/mol. The van der Waals surface area contributed by atoms with E-state index in [4.69, 9.17) is 9.47 Å². The molecule has 0 aromatic carbocycles. The summed E-state index contributed by atoms with van der Waals surface area (Å²) >= 11 is 0. The molecule has 2 aliphatic rings. The van der Waals surface area contributed by atoms with Gasteiger partial charge in [0.25, 0.3) is 0 Å².